The maximum atomic E-state index is 15.3. The van der Waals surface area contributed by atoms with Crippen molar-refractivity contribution in [3.05, 3.63) is 76.7 Å². The molecule has 4 aromatic rings. The second kappa shape index (κ2) is 10.2. The lowest BCUT2D eigenvalue weighted by atomic mass is 9.92. The lowest BCUT2D eigenvalue weighted by molar-refractivity contribution is -0.129. The van der Waals surface area contributed by atoms with Crippen molar-refractivity contribution in [2.45, 2.75) is 44.8 Å². The molecule has 2 N–H and O–H groups in total. The normalized spacial score (nSPS) is 18.6. The van der Waals surface area contributed by atoms with Crippen LogP contribution in [0.25, 0.3) is 22.5 Å². The molecule has 0 spiro atoms. The molecule has 0 radical (unpaired) electrons. The minimum Gasteiger partial charge on any atom is -0.351 e. The Morgan fingerprint density at radius 1 is 1.20 bits per heavy atom. The Hall–Kier alpha value is -4.52. The molecule has 2 amide bonds. The zero-order valence-corrected chi connectivity index (χ0v) is 21.9. The lowest BCUT2D eigenvalue weighted by Gasteiger charge is -2.33. The average molecular weight is 566 g/mol. The number of hydrogen-bond acceptors (Lipinski definition) is 7. The van der Waals surface area contributed by atoms with E-state index in [1.54, 1.807) is 11.0 Å². The highest BCUT2D eigenvalue weighted by atomic mass is 35.5. The molecule has 0 saturated carbocycles. The Kier molecular flexibility index (Phi) is 6.58. The summed E-state index contributed by atoms with van der Waals surface area (Å²) >= 11 is 6.10. The number of carbonyl (C=O) groups excluding carboxylic acids is 2. The van der Waals surface area contributed by atoms with Gasteiger partial charge in [-0.2, -0.15) is 4.68 Å². The van der Waals surface area contributed by atoms with Crippen molar-refractivity contribution < 1.29 is 18.4 Å². The van der Waals surface area contributed by atoms with E-state index in [1.165, 1.54) is 48.5 Å². The van der Waals surface area contributed by atoms with Gasteiger partial charge in [0.2, 0.25) is 11.8 Å². The number of nitrogens with one attached hydrogen (secondary N) is 2. The van der Waals surface area contributed by atoms with E-state index in [2.05, 4.69) is 35.8 Å². The minimum absolute atomic E-state index is 0.0421. The van der Waals surface area contributed by atoms with Crippen molar-refractivity contribution in [3.63, 3.8) is 0 Å². The molecule has 1 fully saturated rings. The number of tetrazole rings is 1. The van der Waals surface area contributed by atoms with Crippen molar-refractivity contribution in [3.8, 4) is 16.9 Å². The fourth-order valence-electron chi connectivity index (χ4n) is 5.37. The maximum absolute atomic E-state index is 15.3. The van der Waals surface area contributed by atoms with Crippen molar-refractivity contribution in [2.75, 3.05) is 0 Å². The minimum atomic E-state index is -0.648. The molecule has 14 heteroatoms. The van der Waals surface area contributed by atoms with Gasteiger partial charge in [0.25, 0.3) is 0 Å². The number of pyridine rings is 1. The van der Waals surface area contributed by atoms with Gasteiger partial charge in [0, 0.05) is 36.4 Å². The zero-order chi connectivity index (χ0) is 28.0. The number of benzene rings is 1. The molecule has 0 aliphatic carbocycles. The van der Waals surface area contributed by atoms with E-state index in [4.69, 9.17) is 11.6 Å². The monoisotopic (exact) mass is 565 g/mol. The number of nitrogens with zero attached hydrogens (tertiary/aromatic N) is 7. The summed E-state index contributed by atoms with van der Waals surface area (Å²) in [5.41, 5.74) is 1.84. The van der Waals surface area contributed by atoms with Gasteiger partial charge in [0.05, 0.1) is 40.9 Å². The average Bonchev–Trinajstić information content (AvgIpc) is 3.70. The second-order valence-electron chi connectivity index (χ2n) is 9.59. The van der Waals surface area contributed by atoms with Gasteiger partial charge in [0.15, 0.2) is 11.6 Å². The van der Waals surface area contributed by atoms with Gasteiger partial charge in [-0.3, -0.25) is 14.6 Å². The summed E-state index contributed by atoms with van der Waals surface area (Å²) in [5, 5.41) is 13.6. The van der Waals surface area contributed by atoms with Crippen molar-refractivity contribution in [1.82, 2.24) is 45.4 Å². The summed E-state index contributed by atoms with van der Waals surface area (Å²) in [6, 6.07) is 3.98. The summed E-state index contributed by atoms with van der Waals surface area (Å²) in [4.78, 5) is 38.1. The van der Waals surface area contributed by atoms with Crippen LogP contribution < -0.4 is 5.32 Å². The summed E-state index contributed by atoms with van der Waals surface area (Å²) in [6.45, 7) is 1.30. The largest absolute Gasteiger partial charge is 0.351 e. The van der Waals surface area contributed by atoms with Crippen molar-refractivity contribution in [1.29, 1.82) is 0 Å². The van der Waals surface area contributed by atoms with Gasteiger partial charge in [-0.05, 0) is 53.5 Å². The van der Waals surface area contributed by atoms with E-state index in [1.807, 2.05) is 0 Å². The van der Waals surface area contributed by atoms with Crippen LogP contribution in [0.1, 0.15) is 49.3 Å². The Labute approximate surface area is 231 Å². The van der Waals surface area contributed by atoms with E-state index in [9.17, 15) is 9.59 Å². The third kappa shape index (κ3) is 4.51. The van der Waals surface area contributed by atoms with Crippen LogP contribution in [-0.2, 0) is 16.1 Å². The molecule has 3 aromatic heterocycles. The summed E-state index contributed by atoms with van der Waals surface area (Å²) in [5.74, 6) is -1.28. The number of H-pyrrole nitrogens is 1. The first kappa shape index (κ1) is 25.7. The highest BCUT2D eigenvalue weighted by Crippen LogP contribution is 2.44. The smallest absolute Gasteiger partial charge is 0.247 e. The van der Waals surface area contributed by atoms with Gasteiger partial charge in [-0.25, -0.2) is 13.8 Å². The third-order valence-electron chi connectivity index (χ3n) is 7.17. The molecule has 1 aromatic carbocycles. The molecule has 0 bridgehead atoms. The lowest BCUT2D eigenvalue weighted by Crippen LogP contribution is -2.39. The van der Waals surface area contributed by atoms with E-state index in [0.717, 1.165) is 0 Å². The van der Waals surface area contributed by atoms with Crippen molar-refractivity contribution in [2.24, 2.45) is 0 Å². The fraction of sp³-hybridized carbons (Fsp3) is 0.269. The Bertz CT molecular complexity index is 1650. The molecule has 204 valence electrons. The van der Waals surface area contributed by atoms with Gasteiger partial charge in [0.1, 0.15) is 12.2 Å². The number of amides is 2. The molecule has 2 aliphatic rings. The highest BCUT2D eigenvalue weighted by molar-refractivity contribution is 6.31. The first-order valence-electron chi connectivity index (χ1n) is 12.5. The van der Waals surface area contributed by atoms with Gasteiger partial charge in [-0.15, -0.1) is 5.10 Å². The highest BCUT2D eigenvalue weighted by Gasteiger charge is 2.42. The molecule has 5 heterocycles. The molecule has 2 atom stereocenters. The number of hydrogen-bond donors (Lipinski definition) is 2. The number of carbonyl (C=O) groups is 2. The van der Waals surface area contributed by atoms with Crippen LogP contribution in [0.2, 0.25) is 5.02 Å². The number of halogens is 3. The quantitative estimate of drug-likeness (QED) is 0.365. The summed E-state index contributed by atoms with van der Waals surface area (Å²) < 4.78 is 31.8. The molecular formula is C26H22ClF2N9O2. The SMILES string of the molecule is CC(=O)NCc1nccc(-c2cnc([C@@H]3CC[C@@H]4CC(c5c(-n6cnnn6)ccc(Cl)c5F)=CC(=O)N43)[nH]2)c1F. The van der Waals surface area contributed by atoms with Crippen LogP contribution in [-0.4, -0.2) is 57.9 Å². The van der Waals surface area contributed by atoms with Crippen LogP contribution in [0.15, 0.2) is 43.0 Å². The van der Waals surface area contributed by atoms with E-state index < -0.39 is 11.6 Å². The number of aromatic amines is 1. The molecule has 0 unspecified atom stereocenters. The molecule has 6 rings (SSSR count). The predicted octanol–water partition coefficient (Wildman–Crippen LogP) is 3.53. The van der Waals surface area contributed by atoms with E-state index >= 15 is 8.78 Å². The van der Waals surface area contributed by atoms with Crippen LogP contribution in [0.3, 0.4) is 0 Å². The van der Waals surface area contributed by atoms with Crippen LogP contribution in [0, 0.1) is 11.6 Å². The first-order chi connectivity index (χ1) is 19.3. The Balaban J connectivity index is 1.29. The van der Waals surface area contributed by atoms with Gasteiger partial charge < -0.3 is 15.2 Å². The van der Waals surface area contributed by atoms with Gasteiger partial charge >= 0.3 is 0 Å². The molecule has 1 saturated heterocycles. The Morgan fingerprint density at radius 3 is 2.83 bits per heavy atom. The fourth-order valence-corrected chi connectivity index (χ4v) is 5.53. The van der Waals surface area contributed by atoms with Crippen LogP contribution in [0.5, 0.6) is 0 Å². The summed E-state index contributed by atoms with van der Waals surface area (Å²) in [6.07, 6.45) is 7.41. The molecule has 2 aliphatic heterocycles. The second-order valence-corrected chi connectivity index (χ2v) is 9.99. The number of aromatic nitrogens is 7. The standard InChI is InChI=1S/C26H22ClF2N9O2/c1-13(39)31-11-19-24(28)16(6-7-30-19)18-10-32-26(34-18)21-4-2-15-8-14(9-22(40)38(15)21)23-20(37-12-33-35-36-37)5-3-17(27)25(23)29/h3,5-7,9-10,12,15,21H,2,4,8,11H2,1H3,(H,31,39)(H,32,34)/t15-,21+/m1/s1. The summed E-state index contributed by atoms with van der Waals surface area (Å²) in [7, 11) is 0. The predicted molar refractivity (Wildman–Crippen MR) is 139 cm³/mol. The van der Waals surface area contributed by atoms with E-state index in [0.29, 0.717) is 42.0 Å². The maximum Gasteiger partial charge on any atom is 0.247 e. The molecule has 40 heavy (non-hydrogen) atoms. The third-order valence-corrected chi connectivity index (χ3v) is 7.46. The number of fused-ring (bicyclic) bond motifs is 1. The molecule has 11 nitrogen and oxygen atoms in total. The van der Waals surface area contributed by atoms with Crippen molar-refractivity contribution >= 4 is 29.0 Å². The van der Waals surface area contributed by atoms with Gasteiger partial charge in [-0.1, -0.05) is 11.6 Å². The van der Waals surface area contributed by atoms with Crippen LogP contribution >= 0.6 is 11.6 Å². The first-order valence-corrected chi connectivity index (χ1v) is 12.9. The van der Waals surface area contributed by atoms with Crippen LogP contribution in [0.4, 0.5) is 8.78 Å². The topological polar surface area (TPSA) is 135 Å². The Morgan fingerprint density at radius 2 is 2.05 bits per heavy atom. The zero-order valence-electron chi connectivity index (χ0n) is 21.1. The number of imidazole rings is 1. The van der Waals surface area contributed by atoms with E-state index in [-0.39, 0.29) is 52.3 Å². The number of rotatable bonds is 6. The molecular weight excluding hydrogens is 544 g/mol.